The number of hydrogen-bond acceptors (Lipinski definition) is 4. The smallest absolute Gasteiger partial charge is 0.358 e. The molecule has 0 fully saturated rings. The Morgan fingerprint density at radius 3 is 2.58 bits per heavy atom. The fraction of sp³-hybridized carbons (Fsp3) is 0.357. The van der Waals surface area contributed by atoms with Crippen molar-refractivity contribution in [2.45, 2.75) is 6.92 Å². The van der Waals surface area contributed by atoms with E-state index in [2.05, 4.69) is 0 Å². The quantitative estimate of drug-likeness (QED) is 0.795. The molecule has 1 aromatic carbocycles. The summed E-state index contributed by atoms with van der Waals surface area (Å²) in [5.74, 6) is 0.832. The van der Waals surface area contributed by atoms with Crippen LogP contribution in [0.3, 0.4) is 0 Å². The van der Waals surface area contributed by atoms with Crippen LogP contribution in [-0.2, 0) is 11.8 Å². The summed E-state index contributed by atoms with van der Waals surface area (Å²) in [5.41, 5.74) is 1.30. The van der Waals surface area contributed by atoms with Gasteiger partial charge in [-0.15, -0.1) is 0 Å². The number of fused-ring (bicyclic) bond motifs is 1. The Bertz CT molecular complexity index is 615. The molecule has 0 radical (unpaired) electrons. The zero-order chi connectivity index (χ0) is 14.0. The Morgan fingerprint density at radius 1 is 1.26 bits per heavy atom. The third kappa shape index (κ3) is 2.12. The van der Waals surface area contributed by atoms with Crippen LogP contribution in [0.25, 0.3) is 10.9 Å². The fourth-order valence-electron chi connectivity index (χ4n) is 2.15. The minimum absolute atomic E-state index is 0.326. The maximum absolute atomic E-state index is 12.0. The third-order valence-corrected chi connectivity index (χ3v) is 3.03. The van der Waals surface area contributed by atoms with Crippen molar-refractivity contribution in [3.8, 4) is 11.5 Å². The van der Waals surface area contributed by atoms with Crippen molar-refractivity contribution in [2.75, 3.05) is 20.8 Å². The van der Waals surface area contributed by atoms with Gasteiger partial charge in [0.15, 0.2) is 11.4 Å². The first-order valence-electron chi connectivity index (χ1n) is 6.01. The van der Waals surface area contributed by atoms with Gasteiger partial charge in [-0.05, 0) is 25.1 Å². The number of ether oxygens (including phenoxy) is 3. The number of benzene rings is 1. The molecule has 0 spiro atoms. The molecule has 5 heteroatoms. The summed E-state index contributed by atoms with van der Waals surface area (Å²) in [6.45, 7) is 2.10. The number of methoxy groups -OCH3 is 2. The summed E-state index contributed by atoms with van der Waals surface area (Å²) >= 11 is 0. The van der Waals surface area contributed by atoms with Crippen LogP contribution in [0.4, 0.5) is 0 Å². The molecular weight excluding hydrogens is 246 g/mol. The molecule has 0 atom stereocenters. The summed E-state index contributed by atoms with van der Waals surface area (Å²) in [5, 5.41) is 0.826. The second-order valence-electron chi connectivity index (χ2n) is 4.04. The van der Waals surface area contributed by atoms with E-state index in [4.69, 9.17) is 14.2 Å². The Hall–Kier alpha value is -2.17. The first-order valence-corrected chi connectivity index (χ1v) is 6.01. The minimum atomic E-state index is -0.392. The van der Waals surface area contributed by atoms with Gasteiger partial charge in [0.05, 0.1) is 26.3 Å². The van der Waals surface area contributed by atoms with Crippen LogP contribution in [0, 0.1) is 0 Å². The Morgan fingerprint density at radius 2 is 2.00 bits per heavy atom. The lowest BCUT2D eigenvalue weighted by atomic mass is 10.2. The van der Waals surface area contributed by atoms with Gasteiger partial charge < -0.3 is 18.8 Å². The van der Waals surface area contributed by atoms with Gasteiger partial charge in [0.25, 0.3) is 0 Å². The average Bonchev–Trinajstić information content (AvgIpc) is 2.71. The van der Waals surface area contributed by atoms with E-state index in [1.54, 1.807) is 18.6 Å². The SMILES string of the molecule is CCOC(=O)c1c(OC)c2cc(OC)ccc2n1C. The van der Waals surface area contributed by atoms with Crippen LogP contribution in [0.5, 0.6) is 11.5 Å². The molecule has 0 aliphatic heterocycles. The van der Waals surface area contributed by atoms with Crippen LogP contribution in [0.2, 0.25) is 0 Å². The average molecular weight is 263 g/mol. The summed E-state index contributed by atoms with van der Waals surface area (Å²) in [6, 6.07) is 5.58. The molecule has 0 N–H and O–H groups in total. The number of carbonyl (C=O) groups is 1. The second kappa shape index (κ2) is 5.22. The first-order chi connectivity index (χ1) is 9.13. The van der Waals surface area contributed by atoms with E-state index in [9.17, 15) is 4.79 Å². The highest BCUT2D eigenvalue weighted by molar-refractivity contribution is 6.02. The van der Waals surface area contributed by atoms with Gasteiger partial charge in [-0.3, -0.25) is 0 Å². The lowest BCUT2D eigenvalue weighted by Crippen LogP contribution is -2.10. The molecule has 0 saturated heterocycles. The van der Waals surface area contributed by atoms with E-state index in [1.807, 2.05) is 25.2 Å². The minimum Gasteiger partial charge on any atom is -0.497 e. The lowest BCUT2D eigenvalue weighted by molar-refractivity contribution is 0.0512. The van der Waals surface area contributed by atoms with E-state index in [-0.39, 0.29) is 0 Å². The maximum atomic E-state index is 12.0. The summed E-state index contributed by atoms with van der Waals surface area (Å²) < 4.78 is 17.4. The van der Waals surface area contributed by atoms with Crippen molar-refractivity contribution in [2.24, 2.45) is 7.05 Å². The summed E-state index contributed by atoms with van der Waals surface area (Å²) in [6.07, 6.45) is 0. The van der Waals surface area contributed by atoms with E-state index in [0.717, 1.165) is 10.9 Å². The van der Waals surface area contributed by atoms with E-state index in [0.29, 0.717) is 23.8 Å². The Labute approximate surface area is 111 Å². The molecule has 5 nitrogen and oxygen atoms in total. The Balaban J connectivity index is 2.70. The van der Waals surface area contributed by atoms with Crippen molar-refractivity contribution >= 4 is 16.9 Å². The molecule has 0 saturated carbocycles. The van der Waals surface area contributed by atoms with Gasteiger partial charge in [-0.2, -0.15) is 0 Å². The van der Waals surface area contributed by atoms with Crippen molar-refractivity contribution < 1.29 is 19.0 Å². The molecule has 0 bridgehead atoms. The van der Waals surface area contributed by atoms with Crippen molar-refractivity contribution in [3.63, 3.8) is 0 Å². The highest BCUT2D eigenvalue weighted by Crippen LogP contribution is 2.35. The van der Waals surface area contributed by atoms with Crippen molar-refractivity contribution in [3.05, 3.63) is 23.9 Å². The van der Waals surface area contributed by atoms with E-state index >= 15 is 0 Å². The predicted octanol–water partition coefficient (Wildman–Crippen LogP) is 2.37. The molecule has 2 rings (SSSR count). The largest absolute Gasteiger partial charge is 0.497 e. The number of aromatic nitrogens is 1. The maximum Gasteiger partial charge on any atom is 0.358 e. The van der Waals surface area contributed by atoms with E-state index < -0.39 is 5.97 Å². The topological polar surface area (TPSA) is 49.7 Å². The standard InChI is InChI=1S/C14H17NO4/c1-5-19-14(16)12-13(18-4)10-8-9(17-3)6-7-11(10)15(12)2/h6-8H,5H2,1-4H3. The van der Waals surface area contributed by atoms with Gasteiger partial charge in [-0.1, -0.05) is 0 Å². The highest BCUT2D eigenvalue weighted by Gasteiger charge is 2.23. The van der Waals surface area contributed by atoms with Crippen LogP contribution in [-0.4, -0.2) is 31.4 Å². The molecule has 0 unspecified atom stereocenters. The van der Waals surface area contributed by atoms with Crippen LogP contribution in [0.1, 0.15) is 17.4 Å². The molecule has 0 aliphatic carbocycles. The number of hydrogen-bond donors (Lipinski definition) is 0. The normalized spacial score (nSPS) is 10.5. The predicted molar refractivity (Wildman–Crippen MR) is 72.0 cm³/mol. The highest BCUT2D eigenvalue weighted by atomic mass is 16.5. The summed E-state index contributed by atoms with van der Waals surface area (Å²) in [7, 11) is 4.95. The molecule has 0 amide bonds. The van der Waals surface area contributed by atoms with Gasteiger partial charge in [0.2, 0.25) is 0 Å². The second-order valence-corrected chi connectivity index (χ2v) is 4.04. The van der Waals surface area contributed by atoms with Crippen molar-refractivity contribution in [1.82, 2.24) is 4.57 Å². The number of esters is 1. The van der Waals surface area contributed by atoms with Crippen LogP contribution in [0.15, 0.2) is 18.2 Å². The van der Waals surface area contributed by atoms with Crippen LogP contribution < -0.4 is 9.47 Å². The zero-order valence-electron chi connectivity index (χ0n) is 11.5. The Kier molecular flexibility index (Phi) is 3.64. The molecule has 0 aliphatic rings. The monoisotopic (exact) mass is 263 g/mol. The number of nitrogens with zero attached hydrogens (tertiary/aromatic N) is 1. The molecular formula is C14H17NO4. The van der Waals surface area contributed by atoms with Crippen LogP contribution >= 0.6 is 0 Å². The van der Waals surface area contributed by atoms with E-state index in [1.165, 1.54) is 7.11 Å². The fourth-order valence-corrected chi connectivity index (χ4v) is 2.15. The number of aryl methyl sites for hydroxylation is 1. The lowest BCUT2D eigenvalue weighted by Gasteiger charge is -2.05. The van der Waals surface area contributed by atoms with Crippen molar-refractivity contribution in [1.29, 1.82) is 0 Å². The molecule has 1 aromatic heterocycles. The number of rotatable bonds is 4. The molecule has 102 valence electrons. The van der Waals surface area contributed by atoms with Gasteiger partial charge in [-0.25, -0.2) is 4.79 Å². The third-order valence-electron chi connectivity index (χ3n) is 3.03. The first kappa shape index (κ1) is 13.3. The number of carbonyl (C=O) groups excluding carboxylic acids is 1. The van der Waals surface area contributed by atoms with Gasteiger partial charge in [0.1, 0.15) is 5.75 Å². The van der Waals surface area contributed by atoms with Gasteiger partial charge in [0, 0.05) is 12.4 Å². The van der Waals surface area contributed by atoms with Gasteiger partial charge >= 0.3 is 5.97 Å². The molecule has 19 heavy (non-hydrogen) atoms. The molecule has 2 aromatic rings. The zero-order valence-corrected chi connectivity index (χ0v) is 11.5. The summed E-state index contributed by atoms with van der Waals surface area (Å²) in [4.78, 5) is 12.0. The molecule has 1 heterocycles.